The van der Waals surface area contributed by atoms with Gasteiger partial charge in [-0.25, -0.2) is 0 Å². The Kier molecular flexibility index (Phi) is 6.80. The molecule has 1 saturated heterocycles. The number of nitrogens with one attached hydrogen (secondary N) is 1. The molecule has 2 heterocycles. The van der Waals surface area contributed by atoms with Gasteiger partial charge in [-0.05, 0) is 57.0 Å². The third kappa shape index (κ3) is 4.72. The highest BCUT2D eigenvalue weighted by molar-refractivity contribution is 5.97. The van der Waals surface area contributed by atoms with Crippen LogP contribution >= 0.6 is 0 Å². The molecule has 0 saturated carbocycles. The maximum Gasteiger partial charge on any atom is 0.251 e. The Morgan fingerprint density at radius 2 is 1.90 bits per heavy atom. The second-order valence-corrected chi connectivity index (χ2v) is 7.00. The van der Waals surface area contributed by atoms with Crippen molar-refractivity contribution in [2.24, 2.45) is 7.05 Å². The first-order valence-corrected chi connectivity index (χ1v) is 10.1. The largest absolute Gasteiger partial charge is 0.490 e. The van der Waals surface area contributed by atoms with Gasteiger partial charge < -0.3 is 24.3 Å². The zero-order chi connectivity index (χ0) is 20.8. The summed E-state index contributed by atoms with van der Waals surface area (Å²) in [4.78, 5) is 27.2. The quantitative estimate of drug-likeness (QED) is 0.741. The molecule has 1 unspecified atom stereocenters. The summed E-state index contributed by atoms with van der Waals surface area (Å²) in [6, 6.07) is 9.14. The fraction of sp³-hybridized carbons (Fsp3) is 0.455. The molecular formula is C22H29N3O4. The van der Waals surface area contributed by atoms with Gasteiger partial charge in [-0.15, -0.1) is 0 Å². The van der Waals surface area contributed by atoms with Crippen molar-refractivity contribution in [3.8, 4) is 11.5 Å². The lowest BCUT2D eigenvalue weighted by Gasteiger charge is -2.25. The van der Waals surface area contributed by atoms with E-state index in [0.29, 0.717) is 36.8 Å². The summed E-state index contributed by atoms with van der Waals surface area (Å²) in [5.41, 5.74) is 1.56. The summed E-state index contributed by atoms with van der Waals surface area (Å²) in [6.07, 6.45) is 3.89. The number of nitrogens with zero attached hydrogens (tertiary/aromatic N) is 2. The molecule has 1 aromatic carbocycles. The van der Waals surface area contributed by atoms with Crippen LogP contribution in [0.4, 0.5) is 0 Å². The smallest absolute Gasteiger partial charge is 0.251 e. The van der Waals surface area contributed by atoms with E-state index in [1.54, 1.807) is 18.2 Å². The predicted molar refractivity (Wildman–Crippen MR) is 110 cm³/mol. The van der Waals surface area contributed by atoms with Crippen molar-refractivity contribution in [1.82, 2.24) is 14.8 Å². The number of carbonyl (C=O) groups excluding carboxylic acids is 2. The number of ether oxygens (including phenoxy) is 2. The minimum absolute atomic E-state index is 0.0308. The first-order valence-electron chi connectivity index (χ1n) is 10.1. The van der Waals surface area contributed by atoms with Crippen LogP contribution in [-0.4, -0.2) is 47.6 Å². The van der Waals surface area contributed by atoms with Gasteiger partial charge in [0.1, 0.15) is 0 Å². The molecule has 7 heteroatoms. The van der Waals surface area contributed by atoms with Crippen LogP contribution in [0.5, 0.6) is 11.5 Å². The summed E-state index contributed by atoms with van der Waals surface area (Å²) in [6.45, 7) is 5.43. The van der Waals surface area contributed by atoms with Gasteiger partial charge in [0, 0.05) is 31.0 Å². The second-order valence-electron chi connectivity index (χ2n) is 7.00. The summed E-state index contributed by atoms with van der Waals surface area (Å²) >= 11 is 0. The lowest BCUT2D eigenvalue weighted by atomic mass is 10.1. The van der Waals surface area contributed by atoms with Gasteiger partial charge in [0.2, 0.25) is 5.91 Å². The molecule has 2 aromatic rings. The molecule has 2 amide bonds. The lowest BCUT2D eigenvalue weighted by Crippen LogP contribution is -2.40. The third-order valence-corrected chi connectivity index (χ3v) is 5.10. The average molecular weight is 399 g/mol. The van der Waals surface area contributed by atoms with Gasteiger partial charge in [-0.2, -0.15) is 0 Å². The molecule has 156 valence electrons. The SMILES string of the molecule is CCOc1ccc(C(=O)NCC(=O)N2CCCC2c2cccn2C)cc1OCC. The molecule has 1 atom stereocenters. The standard InChI is InChI=1S/C22H29N3O4/c1-4-28-19-11-10-16(14-20(19)29-5-2)22(27)23-15-21(26)25-13-7-9-18(25)17-8-6-12-24(17)3/h6,8,10-12,14,18H,4-5,7,9,13,15H2,1-3H3,(H,23,27). The maximum absolute atomic E-state index is 12.8. The topological polar surface area (TPSA) is 72.8 Å². The van der Waals surface area contributed by atoms with E-state index in [1.165, 1.54) is 0 Å². The second kappa shape index (κ2) is 9.49. The normalized spacial score (nSPS) is 16.0. The van der Waals surface area contributed by atoms with E-state index in [1.807, 2.05) is 48.7 Å². The molecule has 7 nitrogen and oxygen atoms in total. The predicted octanol–water partition coefficient (Wildman–Crippen LogP) is 2.92. The zero-order valence-corrected chi connectivity index (χ0v) is 17.3. The molecule has 0 bridgehead atoms. The van der Waals surface area contributed by atoms with Crippen LogP contribution in [0.15, 0.2) is 36.5 Å². The number of benzene rings is 1. The summed E-state index contributed by atoms with van der Waals surface area (Å²) in [5, 5.41) is 2.74. The van der Waals surface area contributed by atoms with E-state index < -0.39 is 0 Å². The number of hydrogen-bond donors (Lipinski definition) is 1. The van der Waals surface area contributed by atoms with Crippen LogP contribution in [0, 0.1) is 0 Å². The number of aryl methyl sites for hydroxylation is 1. The van der Waals surface area contributed by atoms with Crippen LogP contribution in [0.2, 0.25) is 0 Å². The van der Waals surface area contributed by atoms with Crippen molar-refractivity contribution in [3.63, 3.8) is 0 Å². The van der Waals surface area contributed by atoms with E-state index in [2.05, 4.69) is 5.32 Å². The highest BCUT2D eigenvalue weighted by Gasteiger charge is 2.31. The molecule has 0 radical (unpaired) electrons. The molecule has 3 rings (SSSR count). The van der Waals surface area contributed by atoms with Crippen molar-refractivity contribution < 1.29 is 19.1 Å². The minimum Gasteiger partial charge on any atom is -0.490 e. The fourth-order valence-corrected chi connectivity index (χ4v) is 3.75. The summed E-state index contributed by atoms with van der Waals surface area (Å²) in [5.74, 6) is 0.746. The summed E-state index contributed by atoms with van der Waals surface area (Å²) in [7, 11) is 1.99. The van der Waals surface area contributed by atoms with E-state index in [-0.39, 0.29) is 24.4 Å². The van der Waals surface area contributed by atoms with Crippen LogP contribution in [0.3, 0.4) is 0 Å². The van der Waals surface area contributed by atoms with Crippen LogP contribution in [0.25, 0.3) is 0 Å². The minimum atomic E-state index is -0.308. The van der Waals surface area contributed by atoms with Crippen LogP contribution in [-0.2, 0) is 11.8 Å². The average Bonchev–Trinajstić information content (AvgIpc) is 3.36. The Bertz CT molecular complexity index is 861. The third-order valence-electron chi connectivity index (χ3n) is 5.10. The van der Waals surface area contributed by atoms with E-state index in [9.17, 15) is 9.59 Å². The van der Waals surface area contributed by atoms with Crippen molar-refractivity contribution in [2.45, 2.75) is 32.7 Å². The molecule has 1 N–H and O–H groups in total. The van der Waals surface area contributed by atoms with Gasteiger partial charge >= 0.3 is 0 Å². The Hall–Kier alpha value is -2.96. The molecule has 1 fully saturated rings. The van der Waals surface area contributed by atoms with E-state index in [0.717, 1.165) is 18.5 Å². The number of hydrogen-bond acceptors (Lipinski definition) is 4. The molecule has 1 aromatic heterocycles. The fourth-order valence-electron chi connectivity index (χ4n) is 3.75. The molecule has 29 heavy (non-hydrogen) atoms. The molecule has 1 aliphatic heterocycles. The number of aromatic nitrogens is 1. The monoisotopic (exact) mass is 399 g/mol. The molecule has 0 aliphatic carbocycles. The van der Waals surface area contributed by atoms with Gasteiger partial charge in [0.05, 0.1) is 25.8 Å². The zero-order valence-electron chi connectivity index (χ0n) is 17.3. The maximum atomic E-state index is 12.8. The van der Waals surface area contributed by atoms with Gasteiger partial charge in [-0.1, -0.05) is 0 Å². The first kappa shape index (κ1) is 20.8. The van der Waals surface area contributed by atoms with Crippen molar-refractivity contribution in [2.75, 3.05) is 26.3 Å². The number of likely N-dealkylation sites (tertiary alicyclic amines) is 1. The lowest BCUT2D eigenvalue weighted by molar-refractivity contribution is -0.131. The van der Waals surface area contributed by atoms with Crippen molar-refractivity contribution >= 4 is 11.8 Å². The van der Waals surface area contributed by atoms with Crippen molar-refractivity contribution in [1.29, 1.82) is 0 Å². The Labute approximate surface area is 171 Å². The van der Waals surface area contributed by atoms with E-state index in [4.69, 9.17) is 9.47 Å². The Balaban J connectivity index is 1.63. The van der Waals surface area contributed by atoms with Gasteiger partial charge in [0.25, 0.3) is 5.91 Å². The summed E-state index contributed by atoms with van der Waals surface area (Å²) < 4.78 is 13.1. The Morgan fingerprint density at radius 3 is 2.59 bits per heavy atom. The van der Waals surface area contributed by atoms with Crippen LogP contribution < -0.4 is 14.8 Å². The number of carbonyl (C=O) groups is 2. The van der Waals surface area contributed by atoms with Crippen molar-refractivity contribution in [3.05, 3.63) is 47.8 Å². The van der Waals surface area contributed by atoms with E-state index >= 15 is 0 Å². The number of amides is 2. The molecule has 0 spiro atoms. The highest BCUT2D eigenvalue weighted by atomic mass is 16.5. The van der Waals surface area contributed by atoms with Crippen LogP contribution in [0.1, 0.15) is 48.8 Å². The first-order chi connectivity index (χ1) is 14.0. The van der Waals surface area contributed by atoms with Gasteiger partial charge in [-0.3, -0.25) is 9.59 Å². The number of rotatable bonds is 8. The van der Waals surface area contributed by atoms with Gasteiger partial charge in [0.15, 0.2) is 11.5 Å². The highest BCUT2D eigenvalue weighted by Crippen LogP contribution is 2.32. The molecular weight excluding hydrogens is 370 g/mol. The Morgan fingerprint density at radius 1 is 1.14 bits per heavy atom. The molecule has 1 aliphatic rings.